The van der Waals surface area contributed by atoms with Crippen molar-refractivity contribution in [3.63, 3.8) is 0 Å². The molecule has 2 rings (SSSR count). The summed E-state index contributed by atoms with van der Waals surface area (Å²) in [6, 6.07) is 7.13. The van der Waals surface area contributed by atoms with Crippen molar-refractivity contribution in [3.8, 4) is 6.07 Å². The van der Waals surface area contributed by atoms with Crippen LogP contribution in [0.25, 0.3) is 0 Å². The third kappa shape index (κ3) is 2.73. The minimum atomic E-state index is -0.446. The van der Waals surface area contributed by atoms with Gasteiger partial charge in [0.05, 0.1) is 4.92 Å². The topological polar surface area (TPSA) is 82.2 Å². The number of anilines is 1. The number of nitro groups is 1. The standard InChI is InChI=1S/C14H18N4O2/c1-2-8-17(12-6-7-16-10-12)13-5-3-4-11(9-15)14(13)18(19)20/h3-5,12,16H,2,6-8,10H2,1H3. The first-order valence-electron chi connectivity index (χ1n) is 6.84. The smallest absolute Gasteiger partial charge is 0.310 e. The zero-order valence-corrected chi connectivity index (χ0v) is 11.5. The molecule has 0 bridgehead atoms. The van der Waals surface area contributed by atoms with Crippen LogP contribution in [-0.2, 0) is 0 Å². The molecule has 0 aliphatic carbocycles. The minimum Gasteiger partial charge on any atom is -0.362 e. The van der Waals surface area contributed by atoms with E-state index in [1.54, 1.807) is 12.1 Å². The number of nitriles is 1. The maximum atomic E-state index is 11.3. The molecule has 1 atom stereocenters. The van der Waals surface area contributed by atoms with E-state index in [4.69, 9.17) is 5.26 Å². The highest BCUT2D eigenvalue weighted by atomic mass is 16.6. The molecular weight excluding hydrogens is 256 g/mol. The van der Waals surface area contributed by atoms with Gasteiger partial charge in [0.1, 0.15) is 17.3 Å². The van der Waals surface area contributed by atoms with Gasteiger partial charge in [-0.3, -0.25) is 10.1 Å². The molecule has 1 saturated heterocycles. The lowest BCUT2D eigenvalue weighted by atomic mass is 10.1. The second-order valence-electron chi connectivity index (χ2n) is 4.88. The number of benzene rings is 1. The average Bonchev–Trinajstić information content (AvgIpc) is 2.97. The molecule has 20 heavy (non-hydrogen) atoms. The molecule has 1 heterocycles. The van der Waals surface area contributed by atoms with Crippen LogP contribution in [0.15, 0.2) is 18.2 Å². The van der Waals surface area contributed by atoms with Crippen molar-refractivity contribution >= 4 is 11.4 Å². The summed E-state index contributed by atoms with van der Waals surface area (Å²) in [5.74, 6) is 0. The molecular formula is C14H18N4O2. The maximum absolute atomic E-state index is 11.3. The zero-order valence-electron chi connectivity index (χ0n) is 11.5. The van der Waals surface area contributed by atoms with E-state index in [0.29, 0.717) is 5.69 Å². The van der Waals surface area contributed by atoms with Crippen molar-refractivity contribution in [2.24, 2.45) is 0 Å². The molecule has 1 unspecified atom stereocenters. The number of para-hydroxylation sites is 1. The molecule has 0 saturated carbocycles. The highest BCUT2D eigenvalue weighted by molar-refractivity contribution is 5.70. The highest BCUT2D eigenvalue weighted by Gasteiger charge is 2.29. The molecule has 106 valence electrons. The summed E-state index contributed by atoms with van der Waals surface area (Å²) in [6.07, 6.45) is 1.87. The number of hydrogen-bond acceptors (Lipinski definition) is 5. The second-order valence-corrected chi connectivity index (χ2v) is 4.88. The van der Waals surface area contributed by atoms with Gasteiger partial charge in [0, 0.05) is 19.1 Å². The van der Waals surface area contributed by atoms with E-state index < -0.39 is 4.92 Å². The first-order valence-corrected chi connectivity index (χ1v) is 6.84. The lowest BCUT2D eigenvalue weighted by Crippen LogP contribution is -2.38. The normalized spacial score (nSPS) is 17.7. The van der Waals surface area contributed by atoms with E-state index in [9.17, 15) is 10.1 Å². The molecule has 6 nitrogen and oxygen atoms in total. The first-order chi connectivity index (χ1) is 9.69. The van der Waals surface area contributed by atoms with Crippen LogP contribution in [0.1, 0.15) is 25.3 Å². The molecule has 0 aromatic heterocycles. The second kappa shape index (κ2) is 6.35. The van der Waals surface area contributed by atoms with E-state index in [1.165, 1.54) is 6.07 Å². The predicted octanol–water partition coefficient (Wildman–Crippen LogP) is 2.04. The van der Waals surface area contributed by atoms with Gasteiger partial charge < -0.3 is 10.2 Å². The van der Waals surface area contributed by atoms with Crippen molar-refractivity contribution < 1.29 is 4.92 Å². The van der Waals surface area contributed by atoms with Crippen LogP contribution in [0.2, 0.25) is 0 Å². The third-order valence-corrected chi connectivity index (χ3v) is 3.57. The van der Waals surface area contributed by atoms with E-state index >= 15 is 0 Å². The van der Waals surface area contributed by atoms with Crippen LogP contribution in [0.3, 0.4) is 0 Å². The molecule has 6 heteroatoms. The molecule has 0 spiro atoms. The molecule has 1 fully saturated rings. The number of nitrogens with one attached hydrogen (secondary N) is 1. The van der Waals surface area contributed by atoms with Gasteiger partial charge in [-0.05, 0) is 31.5 Å². The molecule has 0 amide bonds. The fourth-order valence-corrected chi connectivity index (χ4v) is 2.69. The summed E-state index contributed by atoms with van der Waals surface area (Å²) in [5.41, 5.74) is 0.611. The molecule has 1 aliphatic heterocycles. The highest BCUT2D eigenvalue weighted by Crippen LogP contribution is 2.33. The lowest BCUT2D eigenvalue weighted by molar-refractivity contribution is -0.384. The average molecular weight is 274 g/mol. The van der Waals surface area contributed by atoms with Crippen molar-refractivity contribution in [3.05, 3.63) is 33.9 Å². The Labute approximate surface area is 118 Å². The van der Waals surface area contributed by atoms with Crippen molar-refractivity contribution in [1.29, 1.82) is 5.26 Å². The van der Waals surface area contributed by atoms with Crippen molar-refractivity contribution in [2.75, 3.05) is 24.5 Å². The lowest BCUT2D eigenvalue weighted by Gasteiger charge is -2.30. The summed E-state index contributed by atoms with van der Waals surface area (Å²) in [4.78, 5) is 13.0. The zero-order chi connectivity index (χ0) is 14.5. The predicted molar refractivity (Wildman–Crippen MR) is 76.7 cm³/mol. The summed E-state index contributed by atoms with van der Waals surface area (Å²) in [6.45, 7) is 4.56. The monoisotopic (exact) mass is 274 g/mol. The van der Waals surface area contributed by atoms with E-state index in [-0.39, 0.29) is 17.3 Å². The SMILES string of the molecule is CCCN(c1cccc(C#N)c1[N+](=O)[O-])C1CCNC1. The largest absolute Gasteiger partial charge is 0.362 e. The van der Waals surface area contributed by atoms with Crippen molar-refractivity contribution in [1.82, 2.24) is 5.32 Å². The molecule has 1 aliphatic rings. The molecule has 1 aromatic carbocycles. The number of hydrogen-bond donors (Lipinski definition) is 1. The van der Waals surface area contributed by atoms with Crippen LogP contribution in [0, 0.1) is 21.4 Å². The van der Waals surface area contributed by atoms with Gasteiger partial charge in [-0.1, -0.05) is 13.0 Å². The summed E-state index contributed by atoms with van der Waals surface area (Å²) in [5, 5.41) is 23.7. The maximum Gasteiger partial charge on any atom is 0.310 e. The van der Waals surface area contributed by atoms with Crippen LogP contribution in [0.5, 0.6) is 0 Å². The van der Waals surface area contributed by atoms with Gasteiger partial charge in [-0.25, -0.2) is 0 Å². The van der Waals surface area contributed by atoms with Gasteiger partial charge in [-0.15, -0.1) is 0 Å². The summed E-state index contributed by atoms with van der Waals surface area (Å²) < 4.78 is 0. The Hall–Kier alpha value is -2.13. The van der Waals surface area contributed by atoms with Gasteiger partial charge in [-0.2, -0.15) is 5.26 Å². The van der Waals surface area contributed by atoms with Crippen LogP contribution < -0.4 is 10.2 Å². The molecule has 1 aromatic rings. The molecule has 1 N–H and O–H groups in total. The van der Waals surface area contributed by atoms with Gasteiger partial charge in [0.2, 0.25) is 0 Å². The van der Waals surface area contributed by atoms with Gasteiger partial charge in [0.15, 0.2) is 0 Å². The van der Waals surface area contributed by atoms with Gasteiger partial charge in [0.25, 0.3) is 0 Å². The fourth-order valence-electron chi connectivity index (χ4n) is 2.69. The Bertz CT molecular complexity index is 532. The van der Waals surface area contributed by atoms with E-state index in [1.807, 2.05) is 6.07 Å². The van der Waals surface area contributed by atoms with Crippen LogP contribution >= 0.6 is 0 Å². The van der Waals surface area contributed by atoms with Gasteiger partial charge >= 0.3 is 5.69 Å². The summed E-state index contributed by atoms with van der Waals surface area (Å²) >= 11 is 0. The van der Waals surface area contributed by atoms with Crippen molar-refractivity contribution in [2.45, 2.75) is 25.8 Å². The number of rotatable bonds is 5. The fraction of sp³-hybridized carbons (Fsp3) is 0.500. The van der Waals surface area contributed by atoms with E-state index in [0.717, 1.165) is 32.5 Å². The number of nitrogens with zero attached hydrogens (tertiary/aromatic N) is 3. The Morgan fingerprint density at radius 2 is 2.40 bits per heavy atom. The van der Waals surface area contributed by atoms with Crippen LogP contribution in [0.4, 0.5) is 11.4 Å². The Morgan fingerprint density at radius 3 is 2.95 bits per heavy atom. The first kappa shape index (κ1) is 14.3. The van der Waals surface area contributed by atoms with E-state index in [2.05, 4.69) is 17.1 Å². The molecule has 0 radical (unpaired) electrons. The number of nitro benzene ring substituents is 1. The van der Waals surface area contributed by atoms with Crippen LogP contribution in [-0.4, -0.2) is 30.6 Å². The quantitative estimate of drug-likeness (QED) is 0.656. The summed E-state index contributed by atoms with van der Waals surface area (Å²) in [7, 11) is 0. The Balaban J connectivity index is 2.47. The Morgan fingerprint density at radius 1 is 1.60 bits per heavy atom. The Kier molecular flexibility index (Phi) is 4.53. The minimum absolute atomic E-state index is 0.0737. The third-order valence-electron chi connectivity index (χ3n) is 3.57.